The Labute approximate surface area is 212 Å². The third-order valence-electron chi connectivity index (χ3n) is 5.55. The van der Waals surface area contributed by atoms with Crippen LogP contribution in [-0.2, 0) is 9.47 Å². The molecule has 192 valence electrons. The summed E-state index contributed by atoms with van der Waals surface area (Å²) in [5, 5.41) is 10.5. The third kappa shape index (κ3) is 8.23. The van der Waals surface area contributed by atoms with Crippen LogP contribution >= 0.6 is 11.6 Å². The maximum Gasteiger partial charge on any atom is 0.410 e. The second-order valence-corrected chi connectivity index (χ2v) is 10.0. The monoisotopic (exact) mass is 506 g/mol. The van der Waals surface area contributed by atoms with Crippen LogP contribution in [0.3, 0.4) is 0 Å². The van der Waals surface area contributed by atoms with Gasteiger partial charge < -0.3 is 29.1 Å². The van der Waals surface area contributed by atoms with Gasteiger partial charge in [-0.15, -0.1) is 0 Å². The number of aliphatic hydroxyl groups is 1. The zero-order valence-electron chi connectivity index (χ0n) is 21.0. The fourth-order valence-corrected chi connectivity index (χ4v) is 3.89. The maximum atomic E-state index is 12.1. The zero-order chi connectivity index (χ0) is 25.6. The third-order valence-corrected chi connectivity index (χ3v) is 5.72. The Morgan fingerprint density at radius 2 is 1.94 bits per heavy atom. The lowest BCUT2D eigenvalue weighted by Gasteiger charge is -2.32. The number of hydrogen-bond acceptors (Lipinski definition) is 8. The normalized spacial score (nSPS) is 15.4. The highest BCUT2D eigenvalue weighted by molar-refractivity contribution is 6.28. The summed E-state index contributed by atoms with van der Waals surface area (Å²) in [7, 11) is 3.58. The molecule has 0 radical (unpaired) electrons. The van der Waals surface area contributed by atoms with Crippen LogP contribution in [-0.4, -0.2) is 84.3 Å². The highest BCUT2D eigenvalue weighted by Crippen LogP contribution is 2.28. The molecular formula is C25H35ClN4O5. The molecule has 0 bridgehead atoms. The Morgan fingerprint density at radius 1 is 1.23 bits per heavy atom. The van der Waals surface area contributed by atoms with Crippen molar-refractivity contribution in [3.63, 3.8) is 0 Å². The van der Waals surface area contributed by atoms with Crippen molar-refractivity contribution in [3.8, 4) is 17.0 Å². The van der Waals surface area contributed by atoms with E-state index in [9.17, 15) is 9.90 Å². The number of likely N-dealkylation sites (N-methyl/N-ethyl adjacent to an activating group) is 1. The number of benzene rings is 1. The van der Waals surface area contributed by atoms with Gasteiger partial charge in [0.15, 0.2) is 0 Å². The minimum absolute atomic E-state index is 0.0128. The molecule has 2 aromatic rings. The number of carbonyl (C=O) groups excluding carboxylic acids is 1. The zero-order valence-corrected chi connectivity index (χ0v) is 21.8. The smallest absolute Gasteiger partial charge is 0.410 e. The van der Waals surface area contributed by atoms with Crippen molar-refractivity contribution < 1.29 is 24.1 Å². The molecule has 1 N–H and O–H groups in total. The molecule has 2 heterocycles. The number of aliphatic hydroxyl groups excluding tert-OH is 1. The average Bonchev–Trinajstić information content (AvgIpc) is 2.81. The van der Waals surface area contributed by atoms with Gasteiger partial charge in [0.2, 0.25) is 5.28 Å². The highest BCUT2D eigenvalue weighted by atomic mass is 35.5. The Kier molecular flexibility index (Phi) is 9.15. The van der Waals surface area contributed by atoms with Crippen LogP contribution in [0, 0.1) is 0 Å². The fourth-order valence-electron chi connectivity index (χ4n) is 3.71. The van der Waals surface area contributed by atoms with Crippen molar-refractivity contribution in [2.45, 2.75) is 51.4 Å². The number of aromatic nitrogens is 2. The first kappa shape index (κ1) is 27.0. The number of amides is 1. The van der Waals surface area contributed by atoms with Gasteiger partial charge in [-0.3, -0.25) is 0 Å². The highest BCUT2D eigenvalue weighted by Gasteiger charge is 2.22. The average molecular weight is 507 g/mol. The van der Waals surface area contributed by atoms with E-state index in [-0.39, 0.29) is 18.4 Å². The van der Waals surface area contributed by atoms with Crippen molar-refractivity contribution in [2.24, 2.45) is 0 Å². The van der Waals surface area contributed by atoms with Crippen LogP contribution in [0.15, 0.2) is 30.3 Å². The summed E-state index contributed by atoms with van der Waals surface area (Å²) in [6, 6.07) is 9.63. The van der Waals surface area contributed by atoms with Crippen molar-refractivity contribution in [3.05, 3.63) is 35.6 Å². The van der Waals surface area contributed by atoms with Crippen LogP contribution in [0.25, 0.3) is 11.3 Å². The Hall–Kier alpha value is -2.62. The number of carbonyl (C=O) groups is 1. The van der Waals surface area contributed by atoms with E-state index in [1.165, 1.54) is 4.90 Å². The number of halogens is 1. The molecule has 0 saturated carbocycles. The van der Waals surface area contributed by atoms with E-state index in [2.05, 4.69) is 14.9 Å². The molecule has 0 spiro atoms. The van der Waals surface area contributed by atoms with E-state index in [0.29, 0.717) is 17.5 Å². The van der Waals surface area contributed by atoms with E-state index in [1.54, 1.807) is 33.9 Å². The topological polar surface area (TPSA) is 97.3 Å². The lowest BCUT2D eigenvalue weighted by Crippen LogP contribution is -2.40. The van der Waals surface area contributed by atoms with Gasteiger partial charge in [-0.05, 0) is 57.3 Å². The first-order chi connectivity index (χ1) is 16.5. The van der Waals surface area contributed by atoms with E-state index in [0.717, 1.165) is 37.4 Å². The van der Waals surface area contributed by atoms with E-state index < -0.39 is 17.8 Å². The second-order valence-electron chi connectivity index (χ2n) is 9.69. The van der Waals surface area contributed by atoms with Crippen LogP contribution in [0.1, 0.15) is 33.6 Å². The van der Waals surface area contributed by atoms with Gasteiger partial charge in [-0.25, -0.2) is 14.8 Å². The molecule has 1 amide bonds. The van der Waals surface area contributed by atoms with Crippen molar-refractivity contribution in [2.75, 3.05) is 45.4 Å². The van der Waals surface area contributed by atoms with Gasteiger partial charge in [-0.2, -0.15) is 0 Å². The Morgan fingerprint density at radius 3 is 2.63 bits per heavy atom. The molecule has 1 aliphatic rings. The maximum absolute atomic E-state index is 12.1. The number of nitrogens with zero attached hydrogens (tertiary/aromatic N) is 4. The summed E-state index contributed by atoms with van der Waals surface area (Å²) in [4.78, 5) is 24.4. The van der Waals surface area contributed by atoms with Crippen LogP contribution in [0.2, 0.25) is 5.28 Å². The Bertz CT molecular complexity index is 994. The fraction of sp³-hybridized carbons (Fsp3) is 0.560. The molecule has 1 aromatic heterocycles. The van der Waals surface area contributed by atoms with Gasteiger partial charge in [-0.1, -0.05) is 12.1 Å². The largest absolute Gasteiger partial charge is 0.491 e. The minimum atomic E-state index is -0.885. The number of rotatable bonds is 8. The SMILES string of the molecule is CN(CC(O)COc1cccc(-c2cc(N(C)C3CCOCC3)nc(Cl)n2)c1)C(=O)OC(C)(C)C. The molecule has 9 nitrogen and oxygen atoms in total. The van der Waals surface area contributed by atoms with Crippen molar-refractivity contribution >= 4 is 23.5 Å². The van der Waals surface area contributed by atoms with Crippen LogP contribution in [0.4, 0.5) is 10.6 Å². The van der Waals surface area contributed by atoms with Crippen LogP contribution in [0.5, 0.6) is 5.75 Å². The minimum Gasteiger partial charge on any atom is -0.491 e. The molecule has 35 heavy (non-hydrogen) atoms. The predicted molar refractivity (Wildman–Crippen MR) is 135 cm³/mol. The molecule has 1 saturated heterocycles. The van der Waals surface area contributed by atoms with E-state index in [4.69, 9.17) is 25.8 Å². The molecule has 1 aliphatic heterocycles. The number of hydrogen-bond donors (Lipinski definition) is 1. The summed E-state index contributed by atoms with van der Waals surface area (Å²) in [5.74, 6) is 1.31. The van der Waals surface area contributed by atoms with Crippen molar-refractivity contribution in [1.29, 1.82) is 0 Å². The molecule has 1 unspecified atom stereocenters. The van der Waals surface area contributed by atoms with Crippen LogP contribution < -0.4 is 9.64 Å². The van der Waals surface area contributed by atoms with Gasteiger partial charge in [0.05, 0.1) is 12.2 Å². The Balaban J connectivity index is 1.63. The summed E-state index contributed by atoms with van der Waals surface area (Å²) >= 11 is 6.26. The standard InChI is InChI=1S/C25H35ClN4O5/c1-25(2,3)35-24(32)29(4)15-19(31)16-34-20-8-6-7-17(13-20)21-14-22(28-23(26)27-21)30(5)18-9-11-33-12-10-18/h6-8,13-14,18-19,31H,9-12,15-16H2,1-5H3. The molecular weight excluding hydrogens is 472 g/mol. The van der Waals surface area contributed by atoms with Gasteiger partial charge in [0.25, 0.3) is 0 Å². The summed E-state index contributed by atoms with van der Waals surface area (Å²) < 4.78 is 16.6. The first-order valence-electron chi connectivity index (χ1n) is 11.7. The quantitative estimate of drug-likeness (QED) is 0.536. The van der Waals surface area contributed by atoms with Gasteiger partial charge >= 0.3 is 6.09 Å². The summed E-state index contributed by atoms with van der Waals surface area (Å²) in [6.07, 6.45) is 0.481. The molecule has 1 atom stereocenters. The number of anilines is 1. The summed E-state index contributed by atoms with van der Waals surface area (Å²) in [6.45, 7) is 6.95. The van der Waals surface area contributed by atoms with Gasteiger partial charge in [0, 0.05) is 45.0 Å². The van der Waals surface area contributed by atoms with Crippen molar-refractivity contribution in [1.82, 2.24) is 14.9 Å². The second kappa shape index (κ2) is 11.9. The molecule has 1 fully saturated rings. The lowest BCUT2D eigenvalue weighted by atomic mass is 10.1. The molecule has 1 aromatic carbocycles. The van der Waals surface area contributed by atoms with E-state index >= 15 is 0 Å². The summed E-state index contributed by atoms with van der Waals surface area (Å²) in [5.41, 5.74) is 0.889. The number of ether oxygens (including phenoxy) is 3. The van der Waals surface area contributed by atoms with Gasteiger partial charge in [0.1, 0.15) is 29.9 Å². The first-order valence-corrected chi connectivity index (χ1v) is 12.1. The lowest BCUT2D eigenvalue weighted by molar-refractivity contribution is 0.0154. The molecule has 3 rings (SSSR count). The molecule has 10 heteroatoms. The van der Waals surface area contributed by atoms with E-state index in [1.807, 2.05) is 31.3 Å². The molecule has 0 aliphatic carbocycles. The predicted octanol–water partition coefficient (Wildman–Crippen LogP) is 4.02.